The fourth-order valence-electron chi connectivity index (χ4n) is 6.47. The van der Waals surface area contributed by atoms with Crippen molar-refractivity contribution in [1.82, 2.24) is 10.3 Å². The molecule has 2 aromatic rings. The maximum absolute atomic E-state index is 12.9. The minimum absolute atomic E-state index is 0.151. The molecule has 4 aliphatic carbocycles. The number of fused-ring (bicyclic) bond motifs is 1. The Morgan fingerprint density at radius 3 is 2.38 bits per heavy atom. The third kappa shape index (κ3) is 2.50. The molecule has 4 saturated carbocycles. The van der Waals surface area contributed by atoms with Crippen molar-refractivity contribution in [1.29, 1.82) is 0 Å². The number of benzene rings is 1. The van der Waals surface area contributed by atoms with Gasteiger partial charge in [0.15, 0.2) is 0 Å². The maximum atomic E-state index is 12.9. The van der Waals surface area contributed by atoms with Gasteiger partial charge in [0.05, 0.1) is 0 Å². The molecule has 1 aromatic heterocycles. The van der Waals surface area contributed by atoms with Gasteiger partial charge >= 0.3 is 0 Å². The fraction of sp³-hybridized carbons (Fsp3) is 0.545. The highest BCUT2D eigenvalue weighted by molar-refractivity contribution is 5.96. The molecule has 1 heterocycles. The van der Waals surface area contributed by atoms with E-state index in [4.69, 9.17) is 0 Å². The number of carbonyl (C=O) groups excluding carboxylic acids is 1. The zero-order valence-corrected chi connectivity index (χ0v) is 15.3. The third-order valence-electron chi connectivity index (χ3n) is 7.35. The summed E-state index contributed by atoms with van der Waals surface area (Å²) in [5.74, 6) is 2.43. The summed E-state index contributed by atoms with van der Waals surface area (Å²) in [6.07, 6.45) is 7.98. The second-order valence-corrected chi connectivity index (χ2v) is 9.07. The van der Waals surface area contributed by atoms with Crippen LogP contribution >= 0.6 is 0 Å². The van der Waals surface area contributed by atoms with Crippen LogP contribution in [0, 0.1) is 23.2 Å². The van der Waals surface area contributed by atoms with Gasteiger partial charge in [0, 0.05) is 11.4 Å². The number of pyridine rings is 1. The molecule has 4 aliphatic rings. The van der Waals surface area contributed by atoms with Gasteiger partial charge in [0.2, 0.25) is 0 Å². The van der Waals surface area contributed by atoms with E-state index in [1.165, 1.54) is 38.5 Å². The second kappa shape index (κ2) is 5.70. The molecule has 1 unspecified atom stereocenters. The first kappa shape index (κ1) is 16.1. The van der Waals surface area contributed by atoms with Gasteiger partial charge in [0.1, 0.15) is 5.69 Å². The van der Waals surface area contributed by atoms with E-state index in [-0.39, 0.29) is 22.9 Å². The molecular formula is C22H26N2O2. The van der Waals surface area contributed by atoms with Crippen LogP contribution in [0.2, 0.25) is 0 Å². The Hall–Kier alpha value is -2.10. The van der Waals surface area contributed by atoms with Crippen LogP contribution in [0.3, 0.4) is 0 Å². The molecule has 4 bridgehead atoms. The lowest BCUT2D eigenvalue weighted by atomic mass is 9.48. The second-order valence-electron chi connectivity index (χ2n) is 9.07. The quantitative estimate of drug-likeness (QED) is 0.883. The third-order valence-corrected chi connectivity index (χ3v) is 7.35. The zero-order chi connectivity index (χ0) is 17.9. The minimum Gasteiger partial charge on any atom is -0.348 e. The first-order valence-corrected chi connectivity index (χ1v) is 9.95. The number of hydrogen-bond acceptors (Lipinski definition) is 2. The molecule has 26 heavy (non-hydrogen) atoms. The van der Waals surface area contributed by atoms with Gasteiger partial charge in [-0.3, -0.25) is 9.59 Å². The van der Waals surface area contributed by atoms with Crippen LogP contribution in [-0.2, 0) is 0 Å². The molecule has 2 N–H and O–H groups in total. The number of rotatable bonds is 3. The molecule has 6 rings (SSSR count). The van der Waals surface area contributed by atoms with Crippen molar-refractivity contribution in [3.63, 3.8) is 0 Å². The van der Waals surface area contributed by atoms with Gasteiger partial charge in [-0.15, -0.1) is 0 Å². The van der Waals surface area contributed by atoms with Gasteiger partial charge < -0.3 is 10.3 Å². The molecule has 4 fully saturated rings. The van der Waals surface area contributed by atoms with E-state index in [0.29, 0.717) is 11.1 Å². The lowest BCUT2D eigenvalue weighted by Gasteiger charge is -2.59. The Labute approximate surface area is 153 Å². The molecule has 136 valence electrons. The van der Waals surface area contributed by atoms with E-state index in [9.17, 15) is 9.59 Å². The zero-order valence-electron chi connectivity index (χ0n) is 15.3. The lowest BCUT2D eigenvalue weighted by molar-refractivity contribution is -0.0688. The molecule has 0 spiro atoms. The molecule has 0 aliphatic heterocycles. The highest BCUT2D eigenvalue weighted by Crippen LogP contribution is 2.61. The van der Waals surface area contributed by atoms with Crippen LogP contribution in [0.15, 0.2) is 35.1 Å². The number of aromatic amines is 1. The summed E-state index contributed by atoms with van der Waals surface area (Å²) >= 11 is 0. The van der Waals surface area contributed by atoms with Gasteiger partial charge in [-0.05, 0) is 86.1 Å². The SMILES string of the molecule is CC(NC(=O)c1cc2ccccc2c(=O)[nH]1)C12CC3CC(CC(C3)C1)C2. The Kier molecular flexibility index (Phi) is 3.53. The Morgan fingerprint density at radius 1 is 1.12 bits per heavy atom. The first-order valence-electron chi connectivity index (χ1n) is 9.95. The smallest absolute Gasteiger partial charge is 0.268 e. The summed E-state index contributed by atoms with van der Waals surface area (Å²) in [5.41, 5.74) is 0.433. The highest BCUT2D eigenvalue weighted by atomic mass is 16.2. The molecular weight excluding hydrogens is 324 g/mol. The topological polar surface area (TPSA) is 62.0 Å². The molecule has 0 radical (unpaired) electrons. The van der Waals surface area contributed by atoms with Crippen molar-refractivity contribution >= 4 is 16.7 Å². The van der Waals surface area contributed by atoms with Crippen LogP contribution in [0.1, 0.15) is 55.9 Å². The van der Waals surface area contributed by atoms with E-state index in [2.05, 4.69) is 17.2 Å². The van der Waals surface area contributed by atoms with E-state index < -0.39 is 0 Å². The fourth-order valence-corrected chi connectivity index (χ4v) is 6.47. The maximum Gasteiger partial charge on any atom is 0.268 e. The normalized spacial score (nSPS) is 33.3. The molecule has 4 nitrogen and oxygen atoms in total. The van der Waals surface area contributed by atoms with Crippen LogP contribution in [-0.4, -0.2) is 16.9 Å². The number of amides is 1. The average Bonchev–Trinajstić information content (AvgIpc) is 2.60. The van der Waals surface area contributed by atoms with E-state index >= 15 is 0 Å². The number of aromatic nitrogens is 1. The number of nitrogens with one attached hydrogen (secondary N) is 2. The summed E-state index contributed by atoms with van der Waals surface area (Å²) in [6, 6.07) is 9.34. The summed E-state index contributed by atoms with van der Waals surface area (Å²) in [7, 11) is 0. The molecule has 4 heteroatoms. The standard InChI is InChI=1S/C22H26N2O2/c1-13(22-10-14-6-15(11-22)8-16(7-14)12-22)23-21(26)19-9-17-4-2-3-5-18(17)20(25)24-19/h2-5,9,13-16H,6-8,10-12H2,1H3,(H,23,26)(H,24,25). The van der Waals surface area contributed by atoms with Crippen LogP contribution in [0.4, 0.5) is 0 Å². The minimum atomic E-state index is -0.198. The van der Waals surface area contributed by atoms with Crippen LogP contribution in [0.5, 0.6) is 0 Å². The largest absolute Gasteiger partial charge is 0.348 e. The molecule has 1 amide bonds. The van der Waals surface area contributed by atoms with Crippen molar-refractivity contribution in [2.75, 3.05) is 0 Å². The van der Waals surface area contributed by atoms with Gasteiger partial charge in [0.25, 0.3) is 11.5 Å². The van der Waals surface area contributed by atoms with E-state index in [1.807, 2.05) is 18.2 Å². The highest BCUT2D eigenvalue weighted by Gasteiger charge is 2.53. The van der Waals surface area contributed by atoms with E-state index in [1.54, 1.807) is 12.1 Å². The molecule has 0 saturated heterocycles. The van der Waals surface area contributed by atoms with E-state index in [0.717, 1.165) is 23.1 Å². The molecule has 1 atom stereocenters. The lowest BCUT2D eigenvalue weighted by Crippen LogP contribution is -2.55. The Bertz CT molecular complexity index is 894. The van der Waals surface area contributed by atoms with Crippen molar-refractivity contribution in [2.45, 2.75) is 51.5 Å². The predicted octanol–water partition coefficient (Wildman–Crippen LogP) is 3.86. The number of hydrogen-bond donors (Lipinski definition) is 2. The monoisotopic (exact) mass is 350 g/mol. The molecule has 1 aromatic carbocycles. The summed E-state index contributed by atoms with van der Waals surface area (Å²) in [4.78, 5) is 27.9. The van der Waals surface area contributed by atoms with Gasteiger partial charge in [-0.1, -0.05) is 18.2 Å². The number of carbonyl (C=O) groups is 1. The van der Waals surface area contributed by atoms with Crippen molar-refractivity contribution in [3.05, 3.63) is 46.4 Å². The summed E-state index contributed by atoms with van der Waals surface area (Å²) in [5, 5.41) is 4.67. The number of H-pyrrole nitrogens is 1. The van der Waals surface area contributed by atoms with Crippen LogP contribution in [0.25, 0.3) is 10.8 Å². The van der Waals surface area contributed by atoms with Gasteiger partial charge in [-0.2, -0.15) is 0 Å². The van der Waals surface area contributed by atoms with Crippen LogP contribution < -0.4 is 10.9 Å². The van der Waals surface area contributed by atoms with Crippen molar-refractivity contribution in [3.8, 4) is 0 Å². The summed E-state index contributed by atoms with van der Waals surface area (Å²) in [6.45, 7) is 2.17. The summed E-state index contributed by atoms with van der Waals surface area (Å²) < 4.78 is 0. The predicted molar refractivity (Wildman–Crippen MR) is 102 cm³/mol. The first-order chi connectivity index (χ1) is 12.5. The Balaban J connectivity index is 1.39. The van der Waals surface area contributed by atoms with Crippen molar-refractivity contribution < 1.29 is 4.79 Å². The van der Waals surface area contributed by atoms with Gasteiger partial charge in [-0.25, -0.2) is 0 Å². The average molecular weight is 350 g/mol. The Morgan fingerprint density at radius 2 is 1.73 bits per heavy atom. The van der Waals surface area contributed by atoms with Crippen molar-refractivity contribution in [2.24, 2.45) is 23.2 Å².